The first-order chi connectivity index (χ1) is 14.6. The van der Waals surface area contributed by atoms with Crippen LogP contribution in [0, 0.1) is 5.92 Å². The van der Waals surface area contributed by atoms with Crippen molar-refractivity contribution in [2.75, 3.05) is 19.6 Å². The lowest BCUT2D eigenvalue weighted by Crippen LogP contribution is -2.64. The number of carbonyl (C=O) groups excluding carboxylic acids is 1. The van der Waals surface area contributed by atoms with Crippen LogP contribution in [-0.2, 0) is 21.7 Å². The van der Waals surface area contributed by atoms with Crippen molar-refractivity contribution in [3.05, 3.63) is 80.7 Å². The van der Waals surface area contributed by atoms with Crippen LogP contribution in [0.2, 0.25) is 0 Å². The molecule has 3 aliphatic rings. The highest BCUT2D eigenvalue weighted by Crippen LogP contribution is 2.41. The molecule has 0 radical (unpaired) electrons. The zero-order chi connectivity index (χ0) is 20.6. The Morgan fingerprint density at radius 2 is 1.63 bits per heavy atom. The molecule has 0 amide bonds. The maximum Gasteiger partial charge on any atom is 0.349 e. The van der Waals surface area contributed by atoms with E-state index in [1.165, 1.54) is 28.2 Å². The molecule has 3 aromatic rings. The van der Waals surface area contributed by atoms with Gasteiger partial charge in [-0.15, -0.1) is 22.7 Å². The van der Waals surface area contributed by atoms with E-state index in [1.54, 1.807) is 0 Å². The molecule has 3 fully saturated rings. The molecular weight excluding hydrogens is 414 g/mol. The number of fused-ring (bicyclic) bond motifs is 3. The number of rotatable bonds is 6. The third kappa shape index (κ3) is 3.52. The lowest BCUT2D eigenvalue weighted by Gasteiger charge is -2.52. The zero-order valence-corrected chi connectivity index (χ0v) is 18.4. The molecule has 2 bridgehead atoms. The molecule has 1 aromatic carbocycles. The van der Waals surface area contributed by atoms with Crippen LogP contribution in [0.15, 0.2) is 65.4 Å². The molecule has 6 heteroatoms. The van der Waals surface area contributed by atoms with E-state index in [9.17, 15) is 9.90 Å². The predicted molar refractivity (Wildman–Crippen MR) is 119 cm³/mol. The fourth-order valence-electron chi connectivity index (χ4n) is 5.06. The Kier molecular flexibility index (Phi) is 5.27. The number of piperidine rings is 3. The van der Waals surface area contributed by atoms with Crippen LogP contribution in [0.5, 0.6) is 0 Å². The van der Waals surface area contributed by atoms with Gasteiger partial charge in [-0.3, -0.25) is 0 Å². The summed E-state index contributed by atoms with van der Waals surface area (Å²) in [5.74, 6) is -0.148. The summed E-state index contributed by atoms with van der Waals surface area (Å²) in [6, 6.07) is 17.9. The fourth-order valence-corrected chi connectivity index (χ4v) is 6.78. The fraction of sp³-hybridized carbons (Fsp3) is 0.375. The number of hydrogen-bond acceptors (Lipinski definition) is 5. The van der Waals surface area contributed by atoms with Crippen LogP contribution in [0.25, 0.3) is 0 Å². The van der Waals surface area contributed by atoms with Crippen molar-refractivity contribution in [1.29, 1.82) is 0 Å². The van der Waals surface area contributed by atoms with Crippen molar-refractivity contribution in [3.63, 3.8) is 0 Å². The summed E-state index contributed by atoms with van der Waals surface area (Å²) in [4.78, 5) is 14.6. The topological polar surface area (TPSA) is 46.5 Å². The molecule has 1 atom stereocenters. The molecule has 0 spiro atoms. The van der Waals surface area contributed by atoms with E-state index < -0.39 is 11.6 Å². The highest BCUT2D eigenvalue weighted by Gasteiger charge is 2.51. The largest absolute Gasteiger partial charge is 0.453 e. The minimum Gasteiger partial charge on any atom is -0.453 e. The molecule has 6 rings (SSSR count). The number of quaternary nitrogens is 1. The first kappa shape index (κ1) is 19.9. The van der Waals surface area contributed by atoms with Gasteiger partial charge in [0.05, 0.1) is 22.8 Å². The molecular formula is C24H26NO3S2+. The minimum absolute atomic E-state index is 0.143. The summed E-state index contributed by atoms with van der Waals surface area (Å²) in [7, 11) is 0. The van der Waals surface area contributed by atoms with Crippen molar-refractivity contribution in [3.8, 4) is 0 Å². The second-order valence-electron chi connectivity index (χ2n) is 8.56. The number of benzene rings is 1. The normalized spacial score (nSPS) is 25.9. The lowest BCUT2D eigenvalue weighted by molar-refractivity contribution is -0.958. The summed E-state index contributed by atoms with van der Waals surface area (Å²) in [5.41, 5.74) is -0.393. The van der Waals surface area contributed by atoms with Crippen LogP contribution < -0.4 is 0 Å². The van der Waals surface area contributed by atoms with E-state index in [1.807, 2.05) is 41.1 Å². The van der Waals surface area contributed by atoms with Gasteiger partial charge in [-0.2, -0.15) is 0 Å². The summed E-state index contributed by atoms with van der Waals surface area (Å²) in [6.07, 6.45) is 2.00. The number of ether oxygens (including phenoxy) is 1. The predicted octanol–water partition coefficient (Wildman–Crippen LogP) is 4.40. The second-order valence-corrected chi connectivity index (χ2v) is 10.5. The van der Waals surface area contributed by atoms with E-state index in [4.69, 9.17) is 4.74 Å². The van der Waals surface area contributed by atoms with Gasteiger partial charge in [0.1, 0.15) is 13.1 Å². The Morgan fingerprint density at radius 3 is 2.20 bits per heavy atom. The number of nitrogens with zero attached hydrogens (tertiary/aromatic N) is 1. The standard InChI is InChI=1S/C24H26NO3S2/c26-23(24(27,21-8-4-14-29-21)22-9-5-15-30-22)28-20-17-25(12-10-19(20)11-13-25)16-18-6-2-1-3-7-18/h1-9,14-15,19-20,27H,10-13,16-17H2/q+1/t19?,20-,25?/m0/s1. The van der Waals surface area contributed by atoms with Crippen molar-refractivity contribution < 1.29 is 19.1 Å². The van der Waals surface area contributed by atoms with Gasteiger partial charge in [-0.25, -0.2) is 4.79 Å². The maximum absolute atomic E-state index is 13.4. The Hall–Kier alpha value is -1.99. The number of esters is 1. The number of aliphatic hydroxyl groups is 1. The van der Waals surface area contributed by atoms with Gasteiger partial charge < -0.3 is 14.3 Å². The average molecular weight is 441 g/mol. The van der Waals surface area contributed by atoms with E-state index in [-0.39, 0.29) is 6.10 Å². The van der Waals surface area contributed by atoms with Crippen molar-refractivity contribution in [2.24, 2.45) is 5.92 Å². The number of thiophene rings is 2. The van der Waals surface area contributed by atoms with Gasteiger partial charge in [0.15, 0.2) is 6.10 Å². The molecule has 5 heterocycles. The number of hydrogen-bond donors (Lipinski definition) is 1. The molecule has 2 aromatic heterocycles. The Labute approximate surface area is 185 Å². The van der Waals surface area contributed by atoms with Crippen molar-refractivity contribution >= 4 is 28.6 Å². The molecule has 3 saturated heterocycles. The van der Waals surface area contributed by atoms with Crippen LogP contribution in [0.1, 0.15) is 28.2 Å². The minimum atomic E-state index is -1.72. The summed E-state index contributed by atoms with van der Waals surface area (Å²) in [5, 5.41) is 15.3. The smallest absolute Gasteiger partial charge is 0.349 e. The molecule has 3 aliphatic heterocycles. The highest BCUT2D eigenvalue weighted by molar-refractivity contribution is 7.12. The first-order valence-corrected chi connectivity index (χ1v) is 12.3. The SMILES string of the molecule is O=C(O[C@H]1C[N+]2(Cc3ccccc3)CCC1CC2)C(O)(c1cccs1)c1cccs1. The Morgan fingerprint density at radius 1 is 1.00 bits per heavy atom. The first-order valence-electron chi connectivity index (χ1n) is 10.5. The van der Waals surface area contributed by atoms with E-state index in [2.05, 4.69) is 24.3 Å². The third-order valence-electron chi connectivity index (χ3n) is 6.71. The van der Waals surface area contributed by atoms with Gasteiger partial charge in [-0.05, 0) is 22.9 Å². The quantitative estimate of drug-likeness (QED) is 0.457. The lowest BCUT2D eigenvalue weighted by atomic mass is 9.82. The Balaban J connectivity index is 1.38. The van der Waals surface area contributed by atoms with Crippen LogP contribution in [0.4, 0.5) is 0 Å². The van der Waals surface area contributed by atoms with Crippen LogP contribution >= 0.6 is 22.7 Å². The molecule has 4 nitrogen and oxygen atoms in total. The summed E-state index contributed by atoms with van der Waals surface area (Å²) < 4.78 is 7.08. The molecule has 0 unspecified atom stereocenters. The van der Waals surface area contributed by atoms with Gasteiger partial charge >= 0.3 is 5.97 Å². The third-order valence-corrected chi connectivity index (χ3v) is 8.67. The van der Waals surface area contributed by atoms with Gasteiger partial charge in [0.2, 0.25) is 5.60 Å². The summed E-state index contributed by atoms with van der Waals surface area (Å²) >= 11 is 2.77. The van der Waals surface area contributed by atoms with E-state index in [0.29, 0.717) is 15.7 Å². The van der Waals surface area contributed by atoms with Crippen LogP contribution in [0.3, 0.4) is 0 Å². The molecule has 30 heavy (non-hydrogen) atoms. The summed E-state index contributed by atoms with van der Waals surface area (Å²) in [6.45, 7) is 4.07. The monoisotopic (exact) mass is 440 g/mol. The molecule has 0 aliphatic carbocycles. The van der Waals surface area contributed by atoms with Gasteiger partial charge in [0, 0.05) is 24.3 Å². The van der Waals surface area contributed by atoms with Gasteiger partial charge in [-0.1, -0.05) is 42.5 Å². The molecule has 0 saturated carbocycles. The second kappa shape index (κ2) is 7.93. The Bertz CT molecular complexity index is 943. The van der Waals surface area contributed by atoms with Crippen molar-refractivity contribution in [2.45, 2.75) is 31.1 Å². The van der Waals surface area contributed by atoms with E-state index >= 15 is 0 Å². The molecule has 156 valence electrons. The van der Waals surface area contributed by atoms with E-state index in [0.717, 1.165) is 43.5 Å². The number of carbonyl (C=O) groups is 1. The molecule has 1 N–H and O–H groups in total. The highest BCUT2D eigenvalue weighted by atomic mass is 32.1. The zero-order valence-electron chi connectivity index (χ0n) is 16.8. The van der Waals surface area contributed by atoms with Crippen molar-refractivity contribution in [1.82, 2.24) is 0 Å². The van der Waals surface area contributed by atoms with Crippen LogP contribution in [-0.4, -0.2) is 41.3 Å². The van der Waals surface area contributed by atoms with Gasteiger partial charge in [0.25, 0.3) is 0 Å². The average Bonchev–Trinajstić information content (AvgIpc) is 3.49. The maximum atomic E-state index is 13.4.